The Balaban J connectivity index is 2.18. The molecule has 0 aliphatic carbocycles. The van der Waals surface area contributed by atoms with Crippen molar-refractivity contribution >= 4 is 32.6 Å². The Bertz CT molecular complexity index is 1240. The van der Waals surface area contributed by atoms with E-state index in [9.17, 15) is 18.0 Å². The molecule has 0 unspecified atom stereocenters. The number of benzene rings is 2. The molecule has 1 N–H and O–H groups in total. The molecule has 0 aliphatic rings. The Morgan fingerprint density at radius 3 is 1.40 bits per heavy atom. The second-order valence-electron chi connectivity index (χ2n) is 12.5. The molecule has 0 aliphatic heterocycles. The summed E-state index contributed by atoms with van der Waals surface area (Å²) >= 11 is -3.63. The molecule has 0 spiro atoms. The van der Waals surface area contributed by atoms with Crippen molar-refractivity contribution in [2.75, 3.05) is 47.0 Å². The van der Waals surface area contributed by atoms with Gasteiger partial charge in [0.05, 0.1) is 0 Å². The summed E-state index contributed by atoms with van der Waals surface area (Å²) in [7, 11) is 4.52. The number of carbonyl (C=O) groups is 2. The molecule has 0 amide bonds. The van der Waals surface area contributed by atoms with Crippen LogP contribution < -0.4 is 0 Å². The predicted octanol–water partition coefficient (Wildman–Crippen LogP) is 5.55. The Morgan fingerprint density at radius 1 is 0.700 bits per heavy atom. The van der Waals surface area contributed by atoms with Crippen molar-refractivity contribution in [2.24, 2.45) is 0 Å². The molecule has 9 heteroatoms. The van der Waals surface area contributed by atoms with E-state index in [-0.39, 0.29) is 15.0 Å². The van der Waals surface area contributed by atoms with Crippen molar-refractivity contribution in [1.82, 2.24) is 0 Å². The van der Waals surface area contributed by atoms with Gasteiger partial charge >= 0.3 is 246 Å². The predicted molar refractivity (Wildman–Crippen MR) is 166 cm³/mol. The Labute approximate surface area is 244 Å². The first-order chi connectivity index (χ1) is 18.6. The summed E-state index contributed by atoms with van der Waals surface area (Å²) in [6.45, 7) is 9.45. The van der Waals surface area contributed by atoms with Gasteiger partial charge in [-0.05, 0) is 0 Å². The van der Waals surface area contributed by atoms with Crippen LogP contribution in [-0.2, 0) is 23.2 Å². The van der Waals surface area contributed by atoms with Gasteiger partial charge in [-0.2, -0.15) is 0 Å². The van der Waals surface area contributed by atoms with Gasteiger partial charge in [-0.15, -0.1) is 0 Å². The van der Waals surface area contributed by atoms with E-state index in [4.69, 9.17) is 4.55 Å². The zero-order valence-electron chi connectivity index (χ0n) is 25.6. The SMILES string of the molecule is CCCC[N+](C)(C)Cc1ccc([C](=O)[Ge]([CH2]C)([CH2]C)[C](=O)c2ccc(C[N+](C)(C)CCCS(=O)(=O)O)cc2)cc1. The summed E-state index contributed by atoms with van der Waals surface area (Å²) < 4.78 is 32.6. The number of quaternary nitrogens is 2. The van der Waals surface area contributed by atoms with Crippen LogP contribution in [0, 0.1) is 0 Å². The van der Waals surface area contributed by atoms with Crippen LogP contribution >= 0.6 is 0 Å². The molecule has 0 aromatic heterocycles. The van der Waals surface area contributed by atoms with Crippen LogP contribution in [0.1, 0.15) is 71.9 Å². The van der Waals surface area contributed by atoms with Gasteiger partial charge in [-0.1, -0.05) is 0 Å². The second kappa shape index (κ2) is 14.4. The van der Waals surface area contributed by atoms with Crippen molar-refractivity contribution in [3.05, 3.63) is 70.8 Å². The fourth-order valence-electron chi connectivity index (χ4n) is 5.48. The number of hydrogen-bond donors (Lipinski definition) is 1. The van der Waals surface area contributed by atoms with Crippen LogP contribution in [-0.4, -0.2) is 91.5 Å². The number of unbranched alkanes of at least 4 members (excludes halogenated alkanes) is 1. The summed E-state index contributed by atoms with van der Waals surface area (Å²) in [6, 6.07) is 15.5. The molecular weight excluding hydrogens is 585 g/mol. The van der Waals surface area contributed by atoms with E-state index in [1.54, 1.807) is 0 Å². The molecule has 2 aromatic rings. The average Bonchev–Trinajstić information content (AvgIpc) is 2.88. The third kappa shape index (κ3) is 9.91. The summed E-state index contributed by atoms with van der Waals surface area (Å²) in [6.07, 6.45) is 2.72. The maximum absolute atomic E-state index is 13.9. The van der Waals surface area contributed by atoms with Crippen LogP contribution in [0.4, 0.5) is 0 Å². The maximum atomic E-state index is 13.9. The molecule has 222 valence electrons. The minimum absolute atomic E-state index is 0.0323. The molecule has 0 saturated heterocycles. The van der Waals surface area contributed by atoms with Crippen LogP contribution in [0.2, 0.25) is 10.5 Å². The quantitative estimate of drug-likeness (QED) is 0.140. The van der Waals surface area contributed by atoms with Gasteiger partial charge in [0.15, 0.2) is 0 Å². The first-order valence-electron chi connectivity index (χ1n) is 14.4. The van der Waals surface area contributed by atoms with Gasteiger partial charge in [0.1, 0.15) is 0 Å². The normalized spacial score (nSPS) is 12.9. The zero-order chi connectivity index (χ0) is 30.2. The van der Waals surface area contributed by atoms with Gasteiger partial charge in [0.25, 0.3) is 0 Å². The Morgan fingerprint density at radius 2 is 1.07 bits per heavy atom. The molecule has 2 aromatic carbocycles. The van der Waals surface area contributed by atoms with Gasteiger partial charge < -0.3 is 0 Å². The summed E-state index contributed by atoms with van der Waals surface area (Å²) in [5, 5.41) is 1.21. The van der Waals surface area contributed by atoms with Crippen molar-refractivity contribution in [3.63, 3.8) is 0 Å². The molecule has 40 heavy (non-hydrogen) atoms. The van der Waals surface area contributed by atoms with Gasteiger partial charge in [0, 0.05) is 0 Å². The molecule has 0 saturated carbocycles. The molecule has 0 heterocycles. The van der Waals surface area contributed by atoms with E-state index in [1.807, 2.05) is 76.5 Å². The monoisotopic (exact) mass is 636 g/mol. The van der Waals surface area contributed by atoms with Gasteiger partial charge in [-0.25, -0.2) is 0 Å². The van der Waals surface area contributed by atoms with E-state index in [0.717, 1.165) is 23.1 Å². The summed E-state index contributed by atoms with van der Waals surface area (Å²) in [5.74, 6) is -0.253. The number of hydrogen-bond acceptors (Lipinski definition) is 4. The summed E-state index contributed by atoms with van der Waals surface area (Å²) in [4.78, 5) is 27.8. The molecule has 2 rings (SSSR count). The van der Waals surface area contributed by atoms with Gasteiger partial charge in [-0.3, -0.25) is 0 Å². The molecule has 0 atom stereocenters. The third-order valence-electron chi connectivity index (χ3n) is 8.01. The molecule has 0 fully saturated rings. The number of carbonyl (C=O) groups excluding carboxylic acids is 2. The molecular formula is C31H50GeN2O5S+2. The molecule has 7 nitrogen and oxygen atoms in total. The van der Waals surface area contributed by atoms with Crippen LogP contribution in [0.5, 0.6) is 0 Å². The van der Waals surface area contributed by atoms with E-state index in [0.29, 0.717) is 45.6 Å². The van der Waals surface area contributed by atoms with E-state index in [1.165, 1.54) is 18.4 Å². The van der Waals surface area contributed by atoms with Crippen molar-refractivity contribution in [1.29, 1.82) is 0 Å². The topological polar surface area (TPSA) is 88.5 Å². The third-order valence-corrected chi connectivity index (χ3v) is 18.7. The average molecular weight is 635 g/mol. The van der Waals surface area contributed by atoms with Crippen LogP contribution in [0.25, 0.3) is 0 Å². The van der Waals surface area contributed by atoms with Crippen molar-refractivity contribution < 1.29 is 31.5 Å². The fraction of sp³-hybridized carbons (Fsp3) is 0.548. The number of rotatable bonds is 17. The van der Waals surface area contributed by atoms with E-state index >= 15 is 0 Å². The zero-order valence-corrected chi connectivity index (χ0v) is 28.5. The van der Waals surface area contributed by atoms with Crippen LogP contribution in [0.15, 0.2) is 48.5 Å². The Kier molecular flexibility index (Phi) is 12.3. The van der Waals surface area contributed by atoms with Gasteiger partial charge in [0.2, 0.25) is 0 Å². The van der Waals surface area contributed by atoms with Crippen molar-refractivity contribution in [3.8, 4) is 0 Å². The first kappa shape index (κ1) is 34.4. The summed E-state index contributed by atoms with van der Waals surface area (Å²) in [5.41, 5.74) is 3.48. The van der Waals surface area contributed by atoms with E-state index < -0.39 is 23.4 Å². The fourth-order valence-corrected chi connectivity index (χ4v) is 13.2. The number of nitrogens with zero attached hydrogens (tertiary/aromatic N) is 2. The van der Waals surface area contributed by atoms with Crippen molar-refractivity contribution in [2.45, 2.75) is 63.6 Å². The minimum atomic E-state index is -3.96. The Hall–Kier alpha value is -1.85. The van der Waals surface area contributed by atoms with E-state index in [2.05, 4.69) is 21.0 Å². The molecule has 0 bridgehead atoms. The standard InChI is InChI=1S/C31H49GeN2O5S/c1-8-11-21-33(4,5)24-26-13-17-28(18-14-26)30(35)32(9-2,10-3)31(36)29-19-15-27(16-20-29)25-34(6,7)22-12-23-40(37,38)39/h13-20H,8-12,21-25H2,1-7H3/q+1/p+1. The first-order valence-corrected chi connectivity index (χ1v) is 21.1. The van der Waals surface area contributed by atoms with Crippen LogP contribution in [0.3, 0.4) is 0 Å². The second-order valence-corrected chi connectivity index (χ2v) is 23.5. The molecule has 0 radical (unpaired) electrons.